The van der Waals surface area contributed by atoms with E-state index in [1.54, 1.807) is 0 Å². The van der Waals surface area contributed by atoms with E-state index in [0.29, 0.717) is 13.0 Å². The van der Waals surface area contributed by atoms with Gasteiger partial charge in [-0.1, -0.05) is 48.0 Å². The number of carbonyl (C=O) groups is 1. The van der Waals surface area contributed by atoms with Crippen LogP contribution >= 0.6 is 24.0 Å². The van der Waals surface area contributed by atoms with Crippen LogP contribution in [0.5, 0.6) is 0 Å². The van der Waals surface area contributed by atoms with Crippen molar-refractivity contribution >= 4 is 29.9 Å². The third-order valence-corrected chi connectivity index (χ3v) is 4.86. The molecule has 0 aliphatic carbocycles. The van der Waals surface area contributed by atoms with E-state index in [-0.39, 0.29) is 24.4 Å². The first-order valence-electron chi connectivity index (χ1n) is 8.45. The van der Waals surface area contributed by atoms with Crippen LogP contribution in [0, 0.1) is 0 Å². The van der Waals surface area contributed by atoms with E-state index in [0.717, 1.165) is 30.0 Å². The van der Waals surface area contributed by atoms with Gasteiger partial charge in [0, 0.05) is 18.0 Å². The Bertz CT molecular complexity index is 706. The van der Waals surface area contributed by atoms with Crippen LogP contribution in [-0.4, -0.2) is 24.4 Å². The normalized spacial score (nSPS) is 16.1. The zero-order chi connectivity index (χ0) is 16.9. The number of benzene rings is 2. The summed E-state index contributed by atoms with van der Waals surface area (Å²) in [5.74, 6) is 0.213. The summed E-state index contributed by atoms with van der Waals surface area (Å²) in [6, 6.07) is 16.4. The van der Waals surface area contributed by atoms with Gasteiger partial charge in [-0.25, -0.2) is 0 Å². The fraction of sp³-hybridized carbons (Fsp3) is 0.350. The maximum absolute atomic E-state index is 12.8. The van der Waals surface area contributed by atoms with E-state index in [2.05, 4.69) is 23.5 Å². The molecule has 0 radical (unpaired) electrons. The molecule has 3 nitrogen and oxygen atoms in total. The molecular weight excluding hydrogens is 355 g/mol. The van der Waals surface area contributed by atoms with Crippen LogP contribution in [0.3, 0.4) is 0 Å². The lowest BCUT2D eigenvalue weighted by Crippen LogP contribution is -2.39. The second kappa shape index (κ2) is 9.23. The van der Waals surface area contributed by atoms with Gasteiger partial charge in [-0.15, -0.1) is 12.4 Å². The molecule has 0 spiro atoms. The molecule has 25 heavy (non-hydrogen) atoms. The van der Waals surface area contributed by atoms with E-state index < -0.39 is 0 Å². The van der Waals surface area contributed by atoms with Gasteiger partial charge in [-0.2, -0.15) is 0 Å². The molecule has 0 bridgehead atoms. The van der Waals surface area contributed by atoms with Gasteiger partial charge in [0.05, 0.1) is 6.04 Å². The number of fused-ring (bicyclic) bond motifs is 1. The molecule has 1 amide bonds. The van der Waals surface area contributed by atoms with Crippen LogP contribution in [0.4, 0.5) is 0 Å². The Kier molecular flexibility index (Phi) is 7.30. The maximum Gasteiger partial charge on any atom is 0.223 e. The topological polar surface area (TPSA) is 32.3 Å². The van der Waals surface area contributed by atoms with Gasteiger partial charge in [0.25, 0.3) is 0 Å². The third-order valence-electron chi connectivity index (χ3n) is 4.62. The van der Waals surface area contributed by atoms with E-state index in [1.165, 1.54) is 11.1 Å². The van der Waals surface area contributed by atoms with E-state index >= 15 is 0 Å². The van der Waals surface area contributed by atoms with Crippen LogP contribution in [0.1, 0.15) is 35.6 Å². The molecule has 1 heterocycles. The summed E-state index contributed by atoms with van der Waals surface area (Å²) in [5, 5.41) is 3.83. The van der Waals surface area contributed by atoms with Gasteiger partial charge in [0.15, 0.2) is 0 Å². The number of hydrogen-bond donors (Lipinski definition) is 1. The Morgan fingerprint density at radius 3 is 2.68 bits per heavy atom. The molecule has 5 heteroatoms. The summed E-state index contributed by atoms with van der Waals surface area (Å²) in [5.41, 5.74) is 3.64. The Morgan fingerprint density at radius 1 is 1.20 bits per heavy atom. The molecule has 134 valence electrons. The molecule has 1 atom stereocenters. The molecule has 0 fully saturated rings. The molecule has 1 aliphatic heterocycles. The smallest absolute Gasteiger partial charge is 0.223 e. The quantitative estimate of drug-likeness (QED) is 0.782. The van der Waals surface area contributed by atoms with Crippen LogP contribution in [-0.2, 0) is 17.8 Å². The predicted octanol–water partition coefficient (Wildman–Crippen LogP) is 4.39. The lowest BCUT2D eigenvalue weighted by atomic mass is 9.89. The molecule has 1 N–H and O–H groups in total. The highest BCUT2D eigenvalue weighted by Gasteiger charge is 2.30. The Morgan fingerprint density at radius 2 is 1.96 bits per heavy atom. The molecule has 0 aromatic heterocycles. The molecule has 0 saturated carbocycles. The monoisotopic (exact) mass is 378 g/mol. The highest BCUT2D eigenvalue weighted by molar-refractivity contribution is 6.30. The third kappa shape index (κ3) is 4.75. The minimum atomic E-state index is 0. The number of carbonyl (C=O) groups excluding carboxylic acids is 1. The number of halogens is 2. The molecule has 2 aromatic rings. The first-order valence-corrected chi connectivity index (χ1v) is 8.83. The highest BCUT2D eigenvalue weighted by Crippen LogP contribution is 2.34. The summed E-state index contributed by atoms with van der Waals surface area (Å²) in [6.07, 6.45) is 2.27. The van der Waals surface area contributed by atoms with Gasteiger partial charge in [-0.3, -0.25) is 4.79 Å². The summed E-state index contributed by atoms with van der Waals surface area (Å²) >= 11 is 6.15. The summed E-state index contributed by atoms with van der Waals surface area (Å²) in [6.45, 7) is 1.49. The van der Waals surface area contributed by atoms with E-state index in [4.69, 9.17) is 11.6 Å². The van der Waals surface area contributed by atoms with Gasteiger partial charge < -0.3 is 10.2 Å². The first kappa shape index (κ1) is 19.8. The van der Waals surface area contributed by atoms with Crippen molar-refractivity contribution in [1.29, 1.82) is 0 Å². The van der Waals surface area contributed by atoms with Crippen molar-refractivity contribution in [1.82, 2.24) is 10.2 Å². The molecule has 3 rings (SSSR count). The van der Waals surface area contributed by atoms with Crippen molar-refractivity contribution in [3.63, 3.8) is 0 Å². The summed E-state index contributed by atoms with van der Waals surface area (Å²) in [7, 11) is 1.91. The fourth-order valence-corrected chi connectivity index (χ4v) is 3.54. The summed E-state index contributed by atoms with van der Waals surface area (Å²) < 4.78 is 0. The largest absolute Gasteiger partial charge is 0.331 e. The average Bonchev–Trinajstić information content (AvgIpc) is 2.61. The predicted molar refractivity (Wildman–Crippen MR) is 105 cm³/mol. The molecule has 0 saturated heterocycles. The number of amides is 1. The van der Waals surface area contributed by atoms with Crippen LogP contribution in [0.2, 0.25) is 5.02 Å². The number of hydrogen-bond acceptors (Lipinski definition) is 2. The van der Waals surface area contributed by atoms with Gasteiger partial charge in [0.2, 0.25) is 5.91 Å². The van der Waals surface area contributed by atoms with Gasteiger partial charge in [0.1, 0.15) is 0 Å². The molecule has 1 unspecified atom stereocenters. The van der Waals surface area contributed by atoms with Crippen molar-refractivity contribution < 1.29 is 4.79 Å². The molecule has 2 aromatic carbocycles. The highest BCUT2D eigenvalue weighted by atomic mass is 35.5. The zero-order valence-electron chi connectivity index (χ0n) is 14.4. The number of nitrogens with zero attached hydrogens (tertiary/aromatic N) is 1. The Hall–Kier alpha value is -1.55. The van der Waals surface area contributed by atoms with Crippen LogP contribution in [0.25, 0.3) is 0 Å². The minimum Gasteiger partial charge on any atom is -0.331 e. The minimum absolute atomic E-state index is 0. The zero-order valence-corrected chi connectivity index (χ0v) is 15.9. The fourth-order valence-electron chi connectivity index (χ4n) is 3.35. The van der Waals surface area contributed by atoms with Crippen LogP contribution in [0.15, 0.2) is 48.5 Å². The lowest BCUT2D eigenvalue weighted by Gasteiger charge is -2.37. The van der Waals surface area contributed by atoms with Crippen molar-refractivity contribution in [2.75, 3.05) is 13.6 Å². The summed E-state index contributed by atoms with van der Waals surface area (Å²) in [4.78, 5) is 14.8. The number of rotatable bonds is 5. The maximum atomic E-state index is 12.8. The Labute approximate surface area is 160 Å². The standard InChI is InChI=1S/C20H23ClN2O.ClH/c1-22-11-5-8-20(24)23-14-17-12-18(21)10-9-16(17)13-19(23)15-6-3-2-4-7-15;/h2-4,6-7,9-10,12,19,22H,5,8,11,13-14H2,1H3;1H. The van der Waals surface area contributed by atoms with Gasteiger partial charge >= 0.3 is 0 Å². The second-order valence-electron chi connectivity index (χ2n) is 6.27. The average molecular weight is 379 g/mol. The SMILES string of the molecule is CNCCCC(=O)N1Cc2cc(Cl)ccc2CC1c1ccccc1.Cl. The van der Waals surface area contributed by atoms with E-state index in [9.17, 15) is 4.79 Å². The van der Waals surface area contributed by atoms with Crippen molar-refractivity contribution in [3.05, 3.63) is 70.2 Å². The first-order chi connectivity index (χ1) is 11.7. The second-order valence-corrected chi connectivity index (χ2v) is 6.71. The van der Waals surface area contributed by atoms with Crippen molar-refractivity contribution in [2.24, 2.45) is 0 Å². The number of nitrogens with one attached hydrogen (secondary N) is 1. The van der Waals surface area contributed by atoms with E-state index in [1.807, 2.05) is 42.3 Å². The van der Waals surface area contributed by atoms with Crippen molar-refractivity contribution in [3.8, 4) is 0 Å². The molecule has 1 aliphatic rings. The molecular formula is C20H24Cl2N2O. The van der Waals surface area contributed by atoms with Crippen molar-refractivity contribution in [2.45, 2.75) is 31.8 Å². The van der Waals surface area contributed by atoms with Crippen LogP contribution < -0.4 is 5.32 Å². The Balaban J connectivity index is 0.00000225. The van der Waals surface area contributed by atoms with Gasteiger partial charge in [-0.05, 0) is 55.3 Å². The lowest BCUT2D eigenvalue weighted by molar-refractivity contribution is -0.135.